The molecule has 1 amide bonds. The molecule has 1 aromatic carbocycles. The van der Waals surface area contributed by atoms with E-state index >= 15 is 0 Å². The van der Waals surface area contributed by atoms with Gasteiger partial charge in [0.25, 0.3) is 11.6 Å². The van der Waals surface area contributed by atoms with Crippen LogP contribution in [0.2, 0.25) is 0 Å². The Morgan fingerprint density at radius 2 is 2.11 bits per heavy atom. The summed E-state index contributed by atoms with van der Waals surface area (Å²) in [5.74, 6) is -2.28. The van der Waals surface area contributed by atoms with E-state index in [4.69, 9.17) is 9.63 Å². The SMILES string of the molecule is CCCc1noc2nc(C3CC3)cc(C(=O)Nc3ccc(C(=O)O)cc3F)c12. The van der Waals surface area contributed by atoms with E-state index in [2.05, 4.69) is 15.5 Å². The fraction of sp³-hybridized carbons (Fsp3) is 0.300. The van der Waals surface area contributed by atoms with Crippen LogP contribution in [0.3, 0.4) is 0 Å². The molecule has 1 saturated carbocycles. The molecule has 1 aliphatic rings. The predicted molar refractivity (Wildman–Crippen MR) is 99.1 cm³/mol. The van der Waals surface area contributed by atoms with Crippen LogP contribution in [0.1, 0.15) is 64.2 Å². The minimum atomic E-state index is -1.24. The monoisotopic (exact) mass is 383 g/mol. The van der Waals surface area contributed by atoms with Gasteiger partial charge >= 0.3 is 5.97 Å². The summed E-state index contributed by atoms with van der Waals surface area (Å²) >= 11 is 0. The second-order valence-corrected chi connectivity index (χ2v) is 6.88. The molecule has 0 bridgehead atoms. The smallest absolute Gasteiger partial charge is 0.335 e. The Labute approximate surface area is 159 Å². The molecule has 0 spiro atoms. The number of hydrogen-bond donors (Lipinski definition) is 2. The van der Waals surface area contributed by atoms with E-state index in [9.17, 15) is 14.0 Å². The van der Waals surface area contributed by atoms with Gasteiger partial charge in [-0.2, -0.15) is 0 Å². The van der Waals surface area contributed by atoms with Crippen molar-refractivity contribution < 1.29 is 23.6 Å². The molecule has 3 aromatic rings. The molecular formula is C20H18FN3O4. The van der Waals surface area contributed by atoms with Gasteiger partial charge in [-0.3, -0.25) is 4.79 Å². The maximum absolute atomic E-state index is 14.2. The summed E-state index contributed by atoms with van der Waals surface area (Å²) < 4.78 is 19.6. The van der Waals surface area contributed by atoms with E-state index in [1.54, 1.807) is 6.07 Å². The highest BCUT2D eigenvalue weighted by molar-refractivity contribution is 6.12. The number of rotatable bonds is 6. The summed E-state index contributed by atoms with van der Waals surface area (Å²) in [5, 5.41) is 16.1. The lowest BCUT2D eigenvalue weighted by Crippen LogP contribution is -2.15. The van der Waals surface area contributed by atoms with Gasteiger partial charge in [0.05, 0.1) is 27.9 Å². The topological polar surface area (TPSA) is 105 Å². The highest BCUT2D eigenvalue weighted by Gasteiger charge is 2.29. The fourth-order valence-corrected chi connectivity index (χ4v) is 3.14. The second kappa shape index (κ2) is 7.03. The number of carboxylic acids is 1. The van der Waals surface area contributed by atoms with Crippen molar-refractivity contribution in [2.24, 2.45) is 0 Å². The second-order valence-electron chi connectivity index (χ2n) is 6.88. The fourth-order valence-electron chi connectivity index (χ4n) is 3.14. The van der Waals surface area contributed by atoms with Crippen LogP contribution in [0, 0.1) is 5.82 Å². The van der Waals surface area contributed by atoms with Crippen LogP contribution in [0.25, 0.3) is 11.1 Å². The maximum atomic E-state index is 14.2. The largest absolute Gasteiger partial charge is 0.478 e. The molecule has 144 valence electrons. The average Bonchev–Trinajstić information content (AvgIpc) is 3.44. The third kappa shape index (κ3) is 3.33. The number of halogens is 1. The zero-order valence-electron chi connectivity index (χ0n) is 15.2. The summed E-state index contributed by atoms with van der Waals surface area (Å²) in [7, 11) is 0. The van der Waals surface area contributed by atoms with E-state index in [0.717, 1.165) is 31.0 Å². The number of aryl methyl sites for hydroxylation is 1. The van der Waals surface area contributed by atoms with Crippen LogP contribution < -0.4 is 5.32 Å². The number of nitrogens with zero attached hydrogens (tertiary/aromatic N) is 2. The van der Waals surface area contributed by atoms with Crippen LogP contribution in [0.5, 0.6) is 0 Å². The number of fused-ring (bicyclic) bond motifs is 1. The molecule has 8 heteroatoms. The number of aromatic nitrogens is 2. The van der Waals surface area contributed by atoms with Gasteiger partial charge in [-0.05, 0) is 43.5 Å². The molecule has 0 radical (unpaired) electrons. The summed E-state index contributed by atoms with van der Waals surface area (Å²) in [5.41, 5.74) is 1.75. The third-order valence-corrected chi connectivity index (χ3v) is 4.73. The van der Waals surface area contributed by atoms with Crippen molar-refractivity contribution in [3.63, 3.8) is 0 Å². The first-order chi connectivity index (χ1) is 13.5. The number of carbonyl (C=O) groups is 2. The van der Waals surface area contributed by atoms with Crippen LogP contribution in [-0.4, -0.2) is 27.1 Å². The van der Waals surface area contributed by atoms with Crippen molar-refractivity contribution in [3.05, 3.63) is 52.6 Å². The highest BCUT2D eigenvalue weighted by Crippen LogP contribution is 2.40. The average molecular weight is 383 g/mol. The van der Waals surface area contributed by atoms with Gasteiger partial charge in [0, 0.05) is 11.6 Å². The Balaban J connectivity index is 1.73. The maximum Gasteiger partial charge on any atom is 0.335 e. The number of amides is 1. The molecule has 7 nitrogen and oxygen atoms in total. The lowest BCUT2D eigenvalue weighted by Gasteiger charge is -2.09. The Hall–Kier alpha value is -3.29. The normalized spacial score (nSPS) is 13.6. The van der Waals surface area contributed by atoms with Crippen molar-refractivity contribution in [1.82, 2.24) is 10.1 Å². The number of nitrogens with one attached hydrogen (secondary N) is 1. The molecule has 0 saturated heterocycles. The summed E-state index contributed by atoms with van der Waals surface area (Å²) in [6, 6.07) is 5.06. The summed E-state index contributed by atoms with van der Waals surface area (Å²) in [4.78, 5) is 28.4. The minimum Gasteiger partial charge on any atom is -0.478 e. The van der Waals surface area contributed by atoms with Crippen LogP contribution in [0.15, 0.2) is 28.8 Å². The molecule has 2 aromatic heterocycles. The first-order valence-electron chi connectivity index (χ1n) is 9.11. The van der Waals surface area contributed by atoms with E-state index < -0.39 is 17.7 Å². The van der Waals surface area contributed by atoms with Crippen molar-refractivity contribution in [3.8, 4) is 0 Å². The van der Waals surface area contributed by atoms with Gasteiger partial charge in [-0.1, -0.05) is 18.5 Å². The molecule has 0 aliphatic heterocycles. The Kier molecular flexibility index (Phi) is 4.54. The Morgan fingerprint density at radius 3 is 2.75 bits per heavy atom. The zero-order valence-corrected chi connectivity index (χ0v) is 15.2. The highest BCUT2D eigenvalue weighted by atomic mass is 19.1. The predicted octanol–water partition coefficient (Wildman–Crippen LogP) is 4.14. The Bertz CT molecular complexity index is 1090. The summed E-state index contributed by atoms with van der Waals surface area (Å²) in [6.45, 7) is 1.99. The van der Waals surface area contributed by atoms with Crippen LogP contribution in [-0.2, 0) is 6.42 Å². The number of aromatic carboxylic acids is 1. The van der Waals surface area contributed by atoms with Gasteiger partial charge in [0.2, 0.25) is 0 Å². The van der Waals surface area contributed by atoms with Gasteiger partial charge in [0.1, 0.15) is 5.82 Å². The molecule has 0 atom stereocenters. The molecule has 0 unspecified atom stereocenters. The van der Waals surface area contributed by atoms with Gasteiger partial charge in [0.15, 0.2) is 0 Å². The molecule has 1 aliphatic carbocycles. The van der Waals surface area contributed by atoms with Crippen molar-refractivity contribution >= 4 is 28.7 Å². The van der Waals surface area contributed by atoms with Gasteiger partial charge < -0.3 is 14.9 Å². The standard InChI is InChI=1S/C20H18FN3O4/c1-2-3-15-17-12(9-16(10-4-5-10)23-19(17)28-24-15)18(25)22-14-7-6-11(20(26)27)8-13(14)21/h6-10H,2-5H2,1H3,(H,22,25)(H,26,27). The number of pyridine rings is 1. The first kappa shape index (κ1) is 18.1. The number of anilines is 1. The number of carboxylic acid groups (broad SMARTS) is 1. The lowest BCUT2D eigenvalue weighted by atomic mass is 10.0. The van der Waals surface area contributed by atoms with Crippen molar-refractivity contribution in [2.75, 3.05) is 5.32 Å². The molecule has 4 rings (SSSR count). The molecule has 1 fully saturated rings. The van der Waals surface area contributed by atoms with Crippen LogP contribution >= 0.6 is 0 Å². The summed E-state index contributed by atoms with van der Waals surface area (Å²) in [6.07, 6.45) is 3.44. The lowest BCUT2D eigenvalue weighted by molar-refractivity contribution is 0.0696. The minimum absolute atomic E-state index is 0.0959. The number of benzene rings is 1. The molecule has 28 heavy (non-hydrogen) atoms. The van der Waals surface area contributed by atoms with Crippen molar-refractivity contribution in [1.29, 1.82) is 0 Å². The first-order valence-corrected chi connectivity index (χ1v) is 9.11. The number of carbonyl (C=O) groups excluding carboxylic acids is 1. The van der Waals surface area contributed by atoms with Gasteiger partial charge in [-0.25, -0.2) is 14.2 Å². The molecular weight excluding hydrogens is 365 g/mol. The Morgan fingerprint density at radius 1 is 1.32 bits per heavy atom. The quantitative estimate of drug-likeness (QED) is 0.663. The van der Waals surface area contributed by atoms with E-state index in [0.29, 0.717) is 34.7 Å². The number of hydrogen-bond acceptors (Lipinski definition) is 5. The van der Waals surface area contributed by atoms with Crippen LogP contribution in [0.4, 0.5) is 10.1 Å². The third-order valence-electron chi connectivity index (χ3n) is 4.73. The molecule has 2 N–H and O–H groups in total. The van der Waals surface area contributed by atoms with E-state index in [1.165, 1.54) is 12.1 Å². The van der Waals surface area contributed by atoms with E-state index in [1.807, 2.05) is 6.92 Å². The van der Waals surface area contributed by atoms with E-state index in [-0.39, 0.29) is 11.3 Å². The zero-order chi connectivity index (χ0) is 19.8. The molecule has 2 heterocycles. The van der Waals surface area contributed by atoms with Gasteiger partial charge in [-0.15, -0.1) is 0 Å². The van der Waals surface area contributed by atoms with Crippen molar-refractivity contribution in [2.45, 2.75) is 38.5 Å².